The van der Waals surface area contributed by atoms with Gasteiger partial charge >= 0.3 is 6.09 Å². The number of ether oxygens (including phenoxy) is 1. The Bertz CT molecular complexity index is 322. The summed E-state index contributed by atoms with van der Waals surface area (Å²) in [5, 5.41) is 2.88. The highest BCUT2D eigenvalue weighted by Crippen LogP contribution is 2.27. The fourth-order valence-corrected chi connectivity index (χ4v) is 2.28. The maximum absolute atomic E-state index is 11.9. The highest BCUT2D eigenvalue weighted by atomic mass is 16.6. The largest absolute Gasteiger partial charge is 0.444 e. The molecular formula is C11H18N2O3. The normalized spacial score (nSPS) is 28.9. The lowest BCUT2D eigenvalue weighted by molar-refractivity contribution is -0.119. The summed E-state index contributed by atoms with van der Waals surface area (Å²) >= 11 is 0. The highest BCUT2D eigenvalue weighted by Gasteiger charge is 2.44. The van der Waals surface area contributed by atoms with Gasteiger partial charge < -0.3 is 15.0 Å². The minimum atomic E-state index is -0.481. The van der Waals surface area contributed by atoms with Gasteiger partial charge in [-0.25, -0.2) is 4.79 Å². The van der Waals surface area contributed by atoms with Crippen LogP contribution in [0.2, 0.25) is 0 Å². The zero-order valence-electron chi connectivity index (χ0n) is 9.95. The van der Waals surface area contributed by atoms with Crippen molar-refractivity contribution in [3.63, 3.8) is 0 Å². The number of carbonyl (C=O) groups is 2. The first-order valence-electron chi connectivity index (χ1n) is 5.66. The van der Waals surface area contributed by atoms with Crippen LogP contribution < -0.4 is 5.32 Å². The number of rotatable bonds is 0. The van der Waals surface area contributed by atoms with Crippen molar-refractivity contribution in [3.8, 4) is 0 Å². The first-order valence-corrected chi connectivity index (χ1v) is 5.66. The van der Waals surface area contributed by atoms with Gasteiger partial charge in [0, 0.05) is 13.0 Å². The molecule has 0 spiro atoms. The van der Waals surface area contributed by atoms with E-state index >= 15 is 0 Å². The molecule has 0 bridgehead atoms. The number of hydrogen-bond acceptors (Lipinski definition) is 3. The summed E-state index contributed by atoms with van der Waals surface area (Å²) in [6.45, 7) is 6.20. The van der Waals surface area contributed by atoms with Crippen LogP contribution in [-0.2, 0) is 9.53 Å². The standard InChI is InChI=1S/C11H18N2O3/c1-11(2,3)16-10(15)13-5-4-7-8(13)6-9(14)12-7/h7-8H,4-6H2,1-3H3,(H,12,14)/t7-,8+/m1/s1. The van der Waals surface area contributed by atoms with Gasteiger partial charge in [-0.2, -0.15) is 0 Å². The van der Waals surface area contributed by atoms with Crippen LogP contribution in [0, 0.1) is 0 Å². The maximum atomic E-state index is 11.9. The Hall–Kier alpha value is -1.26. The number of amides is 2. The van der Waals surface area contributed by atoms with Crippen molar-refractivity contribution in [1.82, 2.24) is 10.2 Å². The summed E-state index contributed by atoms with van der Waals surface area (Å²) in [7, 11) is 0. The zero-order chi connectivity index (χ0) is 11.9. The number of nitrogens with zero attached hydrogens (tertiary/aromatic N) is 1. The van der Waals surface area contributed by atoms with Gasteiger partial charge in [-0.1, -0.05) is 0 Å². The molecule has 0 aliphatic carbocycles. The summed E-state index contributed by atoms with van der Waals surface area (Å²) in [5.41, 5.74) is -0.481. The SMILES string of the molecule is CC(C)(C)OC(=O)N1CC[C@H]2NC(=O)C[C@@H]21. The Morgan fingerprint density at radius 1 is 1.50 bits per heavy atom. The topological polar surface area (TPSA) is 58.6 Å². The zero-order valence-corrected chi connectivity index (χ0v) is 9.95. The van der Waals surface area contributed by atoms with Crippen LogP contribution in [0.1, 0.15) is 33.6 Å². The molecule has 2 aliphatic heterocycles. The van der Waals surface area contributed by atoms with Gasteiger partial charge in [-0.3, -0.25) is 4.79 Å². The van der Waals surface area contributed by atoms with Crippen molar-refractivity contribution in [2.45, 2.75) is 51.3 Å². The van der Waals surface area contributed by atoms with Crippen LogP contribution in [0.3, 0.4) is 0 Å². The average molecular weight is 226 g/mol. The molecule has 0 aromatic rings. The Kier molecular flexibility index (Phi) is 2.56. The van der Waals surface area contributed by atoms with Crippen LogP contribution in [0.4, 0.5) is 4.79 Å². The van der Waals surface area contributed by atoms with E-state index in [9.17, 15) is 9.59 Å². The molecule has 0 aromatic carbocycles. The summed E-state index contributed by atoms with van der Waals surface area (Å²) in [6, 6.07) is 0.113. The molecule has 1 N–H and O–H groups in total. The molecule has 0 unspecified atom stereocenters. The third-order valence-corrected chi connectivity index (χ3v) is 2.91. The first kappa shape index (κ1) is 11.2. The Balaban J connectivity index is 2.00. The van der Waals surface area contributed by atoms with Gasteiger partial charge in [0.2, 0.25) is 5.91 Å². The first-order chi connectivity index (χ1) is 7.37. The second kappa shape index (κ2) is 3.64. The van der Waals surface area contributed by atoms with E-state index in [0.29, 0.717) is 13.0 Å². The highest BCUT2D eigenvalue weighted by molar-refractivity contribution is 5.81. The Morgan fingerprint density at radius 3 is 2.81 bits per heavy atom. The molecule has 90 valence electrons. The summed E-state index contributed by atoms with van der Waals surface area (Å²) in [4.78, 5) is 24.8. The van der Waals surface area contributed by atoms with Crippen LogP contribution >= 0.6 is 0 Å². The van der Waals surface area contributed by atoms with Crippen molar-refractivity contribution in [2.75, 3.05) is 6.54 Å². The van der Waals surface area contributed by atoms with E-state index in [1.807, 2.05) is 20.8 Å². The summed E-state index contributed by atoms with van der Waals surface area (Å²) < 4.78 is 5.31. The van der Waals surface area contributed by atoms with Gasteiger partial charge in [-0.05, 0) is 27.2 Å². The third kappa shape index (κ3) is 2.13. The summed E-state index contributed by atoms with van der Waals surface area (Å²) in [5.74, 6) is 0.0308. The van der Waals surface area contributed by atoms with Crippen molar-refractivity contribution in [1.29, 1.82) is 0 Å². The average Bonchev–Trinajstić information content (AvgIpc) is 2.58. The van der Waals surface area contributed by atoms with Crippen molar-refractivity contribution >= 4 is 12.0 Å². The quantitative estimate of drug-likeness (QED) is 0.667. The molecule has 2 aliphatic rings. The fraction of sp³-hybridized carbons (Fsp3) is 0.818. The molecule has 0 radical (unpaired) electrons. The number of nitrogens with one attached hydrogen (secondary N) is 1. The van der Waals surface area contributed by atoms with Crippen LogP contribution in [0.15, 0.2) is 0 Å². The molecule has 16 heavy (non-hydrogen) atoms. The molecule has 5 nitrogen and oxygen atoms in total. The molecular weight excluding hydrogens is 208 g/mol. The predicted molar refractivity (Wildman–Crippen MR) is 57.9 cm³/mol. The van der Waals surface area contributed by atoms with Crippen molar-refractivity contribution < 1.29 is 14.3 Å². The van der Waals surface area contributed by atoms with Gasteiger partial charge in [-0.15, -0.1) is 0 Å². The van der Waals surface area contributed by atoms with Gasteiger partial charge in [0.15, 0.2) is 0 Å². The van der Waals surface area contributed by atoms with E-state index in [4.69, 9.17) is 4.74 Å². The van der Waals surface area contributed by atoms with Crippen molar-refractivity contribution in [3.05, 3.63) is 0 Å². The van der Waals surface area contributed by atoms with E-state index < -0.39 is 5.60 Å². The lowest BCUT2D eigenvalue weighted by Crippen LogP contribution is -2.41. The lowest BCUT2D eigenvalue weighted by Gasteiger charge is -2.27. The Labute approximate surface area is 95.1 Å². The second-order valence-corrected chi connectivity index (χ2v) is 5.41. The van der Waals surface area contributed by atoms with E-state index in [0.717, 1.165) is 6.42 Å². The molecule has 2 fully saturated rings. The van der Waals surface area contributed by atoms with Gasteiger partial charge in [0.25, 0.3) is 0 Å². The number of likely N-dealkylation sites (tertiary alicyclic amines) is 1. The molecule has 2 saturated heterocycles. The molecule has 0 saturated carbocycles. The molecule has 5 heteroatoms. The number of hydrogen-bond donors (Lipinski definition) is 1. The van der Waals surface area contributed by atoms with E-state index in [1.54, 1.807) is 4.90 Å². The van der Waals surface area contributed by atoms with Crippen LogP contribution in [0.25, 0.3) is 0 Å². The third-order valence-electron chi connectivity index (χ3n) is 2.91. The molecule has 0 aromatic heterocycles. The monoisotopic (exact) mass is 226 g/mol. The minimum Gasteiger partial charge on any atom is -0.444 e. The van der Waals surface area contributed by atoms with E-state index in [2.05, 4.69) is 5.32 Å². The maximum Gasteiger partial charge on any atom is 0.410 e. The summed E-state index contributed by atoms with van der Waals surface area (Å²) in [6.07, 6.45) is 0.927. The molecule has 2 heterocycles. The lowest BCUT2D eigenvalue weighted by atomic mass is 10.1. The molecule has 2 rings (SSSR count). The minimum absolute atomic E-state index is 0.0117. The van der Waals surface area contributed by atoms with E-state index in [-0.39, 0.29) is 24.1 Å². The van der Waals surface area contributed by atoms with Gasteiger partial charge in [0.05, 0.1) is 12.1 Å². The predicted octanol–water partition coefficient (Wildman–Crippen LogP) is 0.884. The second-order valence-electron chi connectivity index (χ2n) is 5.41. The smallest absolute Gasteiger partial charge is 0.410 e. The number of carbonyl (C=O) groups excluding carboxylic acids is 2. The van der Waals surface area contributed by atoms with Crippen LogP contribution in [0.5, 0.6) is 0 Å². The molecule has 2 amide bonds. The fourth-order valence-electron chi connectivity index (χ4n) is 2.28. The molecule has 2 atom stereocenters. The Morgan fingerprint density at radius 2 is 2.19 bits per heavy atom. The van der Waals surface area contributed by atoms with Gasteiger partial charge in [0.1, 0.15) is 5.60 Å². The number of fused-ring (bicyclic) bond motifs is 1. The van der Waals surface area contributed by atoms with Crippen molar-refractivity contribution in [2.24, 2.45) is 0 Å². The van der Waals surface area contributed by atoms with E-state index in [1.165, 1.54) is 0 Å². The van der Waals surface area contributed by atoms with Crippen LogP contribution in [-0.4, -0.2) is 41.1 Å².